The Morgan fingerprint density at radius 3 is 2.76 bits per heavy atom. The molecule has 1 aromatic rings. The average Bonchev–Trinajstić information content (AvgIpc) is 2.87. The number of aliphatic carboxylic acids is 1. The van der Waals surface area contributed by atoms with Crippen molar-refractivity contribution in [2.75, 3.05) is 30.9 Å². The monoisotopic (exact) mass is 293 g/mol. The number of ether oxygens (including phenoxy) is 1. The summed E-state index contributed by atoms with van der Waals surface area (Å²) in [5.41, 5.74) is 0.562. The molecule has 2 rings (SSSR count). The van der Waals surface area contributed by atoms with E-state index in [0.29, 0.717) is 11.5 Å². The van der Waals surface area contributed by atoms with E-state index in [1.54, 1.807) is 7.05 Å². The molecule has 21 heavy (non-hydrogen) atoms. The first-order valence-corrected chi connectivity index (χ1v) is 6.27. The normalized spacial score (nSPS) is 17.7. The van der Waals surface area contributed by atoms with Crippen molar-refractivity contribution < 1.29 is 24.2 Å². The van der Waals surface area contributed by atoms with Gasteiger partial charge in [-0.3, -0.25) is 9.59 Å². The minimum atomic E-state index is -1.02. The number of carbonyl (C=O) groups is 3. The van der Waals surface area contributed by atoms with Crippen LogP contribution >= 0.6 is 0 Å². The summed E-state index contributed by atoms with van der Waals surface area (Å²) in [6.07, 6.45) is 1.26. The molecule has 1 unspecified atom stereocenters. The molecule has 2 N–H and O–H groups in total. The number of amides is 1. The van der Waals surface area contributed by atoms with E-state index in [0.717, 1.165) is 0 Å². The summed E-state index contributed by atoms with van der Waals surface area (Å²) in [6.45, 7) is 0.0507. The van der Waals surface area contributed by atoms with Crippen molar-refractivity contribution in [3.8, 4) is 0 Å². The van der Waals surface area contributed by atoms with Crippen molar-refractivity contribution in [1.29, 1.82) is 0 Å². The zero-order chi connectivity index (χ0) is 15.6. The second-order valence-corrected chi connectivity index (χ2v) is 4.58. The molecule has 1 saturated heterocycles. The molecule has 0 radical (unpaired) electrons. The number of carboxylic acids is 1. The topological polar surface area (TPSA) is 109 Å². The van der Waals surface area contributed by atoms with Crippen molar-refractivity contribution in [2.45, 2.75) is 6.42 Å². The number of carbonyl (C=O) groups excluding carboxylic acids is 2. The van der Waals surface area contributed by atoms with Crippen LogP contribution in [0.2, 0.25) is 0 Å². The van der Waals surface area contributed by atoms with Gasteiger partial charge in [-0.05, 0) is 6.07 Å². The highest BCUT2D eigenvalue weighted by Crippen LogP contribution is 2.31. The van der Waals surface area contributed by atoms with Gasteiger partial charge in [0, 0.05) is 26.2 Å². The number of rotatable bonds is 4. The van der Waals surface area contributed by atoms with E-state index < -0.39 is 17.9 Å². The summed E-state index contributed by atoms with van der Waals surface area (Å²) in [7, 11) is 2.87. The highest BCUT2D eigenvalue weighted by atomic mass is 16.5. The van der Waals surface area contributed by atoms with E-state index in [-0.39, 0.29) is 24.4 Å². The Hall–Kier alpha value is -2.64. The van der Waals surface area contributed by atoms with Crippen LogP contribution in [0.15, 0.2) is 12.3 Å². The molecule has 1 amide bonds. The fourth-order valence-corrected chi connectivity index (χ4v) is 2.19. The van der Waals surface area contributed by atoms with Gasteiger partial charge in [0.1, 0.15) is 5.82 Å². The number of carboxylic acid groups (broad SMARTS) is 1. The Bertz CT molecular complexity index is 601. The summed E-state index contributed by atoms with van der Waals surface area (Å²) >= 11 is 0. The second kappa shape index (κ2) is 5.78. The number of esters is 1. The number of nitrogens with one attached hydrogen (secondary N) is 1. The SMILES string of the molecule is CNc1ncc(C(=O)OC)cc1N1CC(C(=O)O)CC1=O. The molecular weight excluding hydrogens is 278 g/mol. The molecule has 2 heterocycles. The number of nitrogens with zero attached hydrogens (tertiary/aromatic N) is 2. The lowest BCUT2D eigenvalue weighted by atomic mass is 10.1. The smallest absolute Gasteiger partial charge is 0.339 e. The second-order valence-electron chi connectivity index (χ2n) is 4.58. The summed E-state index contributed by atoms with van der Waals surface area (Å²) in [5.74, 6) is -2.28. The van der Waals surface area contributed by atoms with Crippen molar-refractivity contribution in [2.24, 2.45) is 5.92 Å². The Kier molecular flexibility index (Phi) is 4.06. The van der Waals surface area contributed by atoms with Crippen LogP contribution in [0.5, 0.6) is 0 Å². The molecule has 1 aliphatic rings. The lowest BCUT2D eigenvalue weighted by Crippen LogP contribution is -2.27. The predicted molar refractivity (Wildman–Crippen MR) is 73.2 cm³/mol. The van der Waals surface area contributed by atoms with E-state index in [1.807, 2.05) is 0 Å². The quantitative estimate of drug-likeness (QED) is 0.771. The molecule has 8 nitrogen and oxygen atoms in total. The molecule has 0 bridgehead atoms. The van der Waals surface area contributed by atoms with Crippen LogP contribution in [0.4, 0.5) is 11.5 Å². The number of methoxy groups -OCH3 is 1. The molecule has 8 heteroatoms. The van der Waals surface area contributed by atoms with Gasteiger partial charge in [-0.15, -0.1) is 0 Å². The minimum Gasteiger partial charge on any atom is -0.481 e. The Morgan fingerprint density at radius 1 is 1.52 bits per heavy atom. The van der Waals surface area contributed by atoms with E-state index in [2.05, 4.69) is 15.0 Å². The lowest BCUT2D eigenvalue weighted by molar-refractivity contribution is -0.141. The third kappa shape index (κ3) is 2.78. The lowest BCUT2D eigenvalue weighted by Gasteiger charge is -2.19. The van der Waals surface area contributed by atoms with Gasteiger partial charge in [0.15, 0.2) is 0 Å². The van der Waals surface area contributed by atoms with Gasteiger partial charge in [-0.1, -0.05) is 0 Å². The van der Waals surface area contributed by atoms with Crippen LogP contribution in [0.1, 0.15) is 16.8 Å². The highest BCUT2D eigenvalue weighted by Gasteiger charge is 2.36. The van der Waals surface area contributed by atoms with Gasteiger partial charge < -0.3 is 20.1 Å². The van der Waals surface area contributed by atoms with Gasteiger partial charge in [0.25, 0.3) is 0 Å². The molecular formula is C13H15N3O5. The van der Waals surface area contributed by atoms with Gasteiger partial charge in [-0.2, -0.15) is 0 Å². The van der Waals surface area contributed by atoms with Crippen LogP contribution in [-0.2, 0) is 14.3 Å². The van der Waals surface area contributed by atoms with Crippen molar-refractivity contribution in [3.63, 3.8) is 0 Å². The summed E-state index contributed by atoms with van der Waals surface area (Å²) < 4.78 is 4.62. The molecule has 1 fully saturated rings. The maximum absolute atomic E-state index is 12.0. The van der Waals surface area contributed by atoms with E-state index >= 15 is 0 Å². The molecule has 0 aliphatic carbocycles. The minimum absolute atomic E-state index is 0.0507. The van der Waals surface area contributed by atoms with Crippen LogP contribution in [-0.4, -0.2) is 48.6 Å². The molecule has 112 valence electrons. The number of hydrogen-bond donors (Lipinski definition) is 2. The molecule has 1 aromatic heterocycles. The average molecular weight is 293 g/mol. The molecule has 0 spiro atoms. The fourth-order valence-electron chi connectivity index (χ4n) is 2.19. The Balaban J connectivity index is 2.39. The first-order chi connectivity index (χ1) is 9.97. The molecule has 1 atom stereocenters. The summed E-state index contributed by atoms with van der Waals surface area (Å²) in [5, 5.41) is 11.8. The third-order valence-corrected chi connectivity index (χ3v) is 3.29. The standard InChI is InChI=1S/C13H15N3O5/c1-14-11-9(3-7(5-15-11)13(20)21-2)16-6-8(12(18)19)4-10(16)17/h3,5,8H,4,6H2,1-2H3,(H,14,15)(H,18,19). The first-order valence-electron chi connectivity index (χ1n) is 6.27. The number of hydrogen-bond acceptors (Lipinski definition) is 6. The maximum atomic E-state index is 12.0. The summed E-state index contributed by atoms with van der Waals surface area (Å²) in [4.78, 5) is 40.0. The van der Waals surface area contributed by atoms with Crippen LogP contribution in [0, 0.1) is 5.92 Å². The zero-order valence-corrected chi connectivity index (χ0v) is 11.6. The van der Waals surface area contributed by atoms with E-state index in [1.165, 1.54) is 24.3 Å². The van der Waals surface area contributed by atoms with Gasteiger partial charge in [0.05, 0.1) is 24.3 Å². The zero-order valence-electron chi connectivity index (χ0n) is 11.6. The van der Waals surface area contributed by atoms with E-state index in [4.69, 9.17) is 5.11 Å². The molecule has 0 aromatic carbocycles. The number of aromatic nitrogens is 1. The van der Waals surface area contributed by atoms with Crippen molar-refractivity contribution in [3.05, 3.63) is 17.8 Å². The fraction of sp³-hybridized carbons (Fsp3) is 0.385. The summed E-state index contributed by atoms with van der Waals surface area (Å²) in [6, 6.07) is 1.47. The third-order valence-electron chi connectivity index (χ3n) is 3.29. The van der Waals surface area contributed by atoms with Gasteiger partial charge in [0.2, 0.25) is 5.91 Å². The van der Waals surface area contributed by atoms with Crippen molar-refractivity contribution >= 4 is 29.4 Å². The largest absolute Gasteiger partial charge is 0.481 e. The van der Waals surface area contributed by atoms with E-state index in [9.17, 15) is 14.4 Å². The maximum Gasteiger partial charge on any atom is 0.339 e. The van der Waals surface area contributed by atoms with Crippen LogP contribution in [0.3, 0.4) is 0 Å². The van der Waals surface area contributed by atoms with Crippen LogP contribution in [0.25, 0.3) is 0 Å². The van der Waals surface area contributed by atoms with Gasteiger partial charge >= 0.3 is 11.9 Å². The molecule has 1 aliphatic heterocycles. The first kappa shape index (κ1) is 14.8. The van der Waals surface area contributed by atoms with Crippen molar-refractivity contribution in [1.82, 2.24) is 4.98 Å². The number of pyridine rings is 1. The number of anilines is 2. The van der Waals surface area contributed by atoms with Crippen LogP contribution < -0.4 is 10.2 Å². The highest BCUT2D eigenvalue weighted by molar-refractivity contribution is 6.02. The molecule has 0 saturated carbocycles. The predicted octanol–water partition coefficient (Wildman–Crippen LogP) is 0.347. The Labute approximate surface area is 120 Å². The van der Waals surface area contributed by atoms with Gasteiger partial charge in [-0.25, -0.2) is 9.78 Å². The Morgan fingerprint density at radius 2 is 2.24 bits per heavy atom.